The van der Waals surface area contributed by atoms with Crippen molar-refractivity contribution in [2.75, 3.05) is 19.6 Å². The second-order valence-corrected chi connectivity index (χ2v) is 7.46. The third kappa shape index (κ3) is 4.66. The lowest BCUT2D eigenvalue weighted by Gasteiger charge is -2.33. The van der Waals surface area contributed by atoms with Crippen LogP contribution in [-0.4, -0.2) is 36.6 Å². The zero-order valence-electron chi connectivity index (χ0n) is 15.3. The molecule has 4 rings (SSSR count). The van der Waals surface area contributed by atoms with Crippen LogP contribution in [0.2, 0.25) is 0 Å². The highest BCUT2D eigenvalue weighted by atomic mass is 35.5. The second-order valence-electron chi connectivity index (χ2n) is 7.46. The molecule has 1 aromatic carbocycles. The molecule has 4 N–H and O–H groups in total. The highest BCUT2D eigenvalue weighted by Gasteiger charge is 2.41. The number of nitrogens with one attached hydrogen (secondary N) is 4. The largest absolute Gasteiger partial charge is 0.350 e. The van der Waals surface area contributed by atoms with Gasteiger partial charge in [0, 0.05) is 18.7 Å². The molecule has 28 heavy (non-hydrogen) atoms. The highest BCUT2D eigenvalue weighted by molar-refractivity contribution is 5.85. The molecule has 1 amide bonds. The van der Waals surface area contributed by atoms with Crippen molar-refractivity contribution in [1.29, 1.82) is 0 Å². The number of carbonyl (C=O) groups is 1. The quantitative estimate of drug-likeness (QED) is 0.598. The molecule has 0 saturated carbocycles. The van der Waals surface area contributed by atoms with E-state index in [1.165, 1.54) is 12.1 Å². The van der Waals surface area contributed by atoms with Gasteiger partial charge in [-0.05, 0) is 67.4 Å². The van der Waals surface area contributed by atoms with E-state index in [0.717, 1.165) is 44.3 Å². The van der Waals surface area contributed by atoms with Crippen LogP contribution in [0.25, 0.3) is 10.9 Å². The minimum absolute atomic E-state index is 0. The maximum absolute atomic E-state index is 13.3. The Balaban J connectivity index is 0.00000140. The third-order valence-corrected chi connectivity index (χ3v) is 5.68. The Hall–Kier alpha value is -1.67. The van der Waals surface area contributed by atoms with Crippen LogP contribution in [0.4, 0.5) is 4.39 Å². The highest BCUT2D eigenvalue weighted by Crippen LogP contribution is 2.37. The van der Waals surface area contributed by atoms with Gasteiger partial charge in [-0.1, -0.05) is 0 Å². The van der Waals surface area contributed by atoms with Crippen LogP contribution in [0.1, 0.15) is 24.8 Å². The van der Waals surface area contributed by atoms with Gasteiger partial charge in [-0.25, -0.2) is 4.39 Å². The van der Waals surface area contributed by atoms with Crippen LogP contribution in [0.3, 0.4) is 0 Å². The summed E-state index contributed by atoms with van der Waals surface area (Å²) in [6.45, 7) is 3.04. The number of amides is 1. The van der Waals surface area contributed by atoms with Crippen molar-refractivity contribution in [3.63, 3.8) is 0 Å². The van der Waals surface area contributed by atoms with E-state index in [0.29, 0.717) is 11.1 Å². The van der Waals surface area contributed by atoms with Gasteiger partial charge in [-0.2, -0.15) is 0 Å². The zero-order valence-corrected chi connectivity index (χ0v) is 17.0. The summed E-state index contributed by atoms with van der Waals surface area (Å²) in [5.41, 5.74) is 0.831. The van der Waals surface area contributed by atoms with Gasteiger partial charge >= 0.3 is 0 Å². The lowest BCUT2D eigenvalue weighted by molar-refractivity contribution is -0.123. The van der Waals surface area contributed by atoms with Crippen LogP contribution in [0.15, 0.2) is 29.1 Å². The van der Waals surface area contributed by atoms with E-state index in [-0.39, 0.29) is 54.3 Å². The number of aromatic nitrogens is 1. The van der Waals surface area contributed by atoms with E-state index in [1.807, 2.05) is 0 Å². The van der Waals surface area contributed by atoms with Crippen LogP contribution >= 0.6 is 24.8 Å². The molecule has 6 nitrogen and oxygen atoms in total. The summed E-state index contributed by atoms with van der Waals surface area (Å²) in [6.07, 6.45) is 3.02. The maximum atomic E-state index is 13.3. The molecule has 3 heterocycles. The van der Waals surface area contributed by atoms with Gasteiger partial charge in [-0.3, -0.25) is 9.59 Å². The summed E-state index contributed by atoms with van der Waals surface area (Å²) in [5.74, 6) is -0.465. The van der Waals surface area contributed by atoms with Gasteiger partial charge in [0.05, 0.1) is 11.6 Å². The Morgan fingerprint density at radius 3 is 2.71 bits per heavy atom. The van der Waals surface area contributed by atoms with E-state index < -0.39 is 5.82 Å². The molecule has 1 spiro atoms. The Morgan fingerprint density at radius 2 is 1.96 bits per heavy atom. The predicted molar refractivity (Wildman–Crippen MR) is 112 cm³/mol. The average Bonchev–Trinajstić information content (AvgIpc) is 3.04. The van der Waals surface area contributed by atoms with Crippen LogP contribution in [-0.2, 0) is 11.3 Å². The molecule has 2 fully saturated rings. The monoisotopic (exact) mass is 430 g/mol. The molecule has 2 aromatic rings. The smallest absolute Gasteiger partial charge is 0.253 e. The van der Waals surface area contributed by atoms with Crippen molar-refractivity contribution >= 4 is 41.6 Å². The van der Waals surface area contributed by atoms with Crippen molar-refractivity contribution < 1.29 is 9.18 Å². The van der Waals surface area contributed by atoms with Gasteiger partial charge in [0.1, 0.15) is 5.82 Å². The standard InChI is InChI=1S/C19H23FN4O2.2ClH/c20-14-2-1-12-7-13(17(25)24-15(12)8-14)10-22-18(26)16-9-19(11-23-16)3-5-21-6-4-19;;/h1-2,7-8,16,21,23H,3-6,9-11H2,(H,22,26)(H,24,25);2*1H. The van der Waals surface area contributed by atoms with E-state index in [9.17, 15) is 14.0 Å². The van der Waals surface area contributed by atoms with Crippen LogP contribution in [0.5, 0.6) is 0 Å². The van der Waals surface area contributed by atoms with E-state index in [4.69, 9.17) is 0 Å². The number of halogens is 3. The third-order valence-electron chi connectivity index (χ3n) is 5.68. The molecular weight excluding hydrogens is 406 g/mol. The van der Waals surface area contributed by atoms with Crippen molar-refractivity contribution in [1.82, 2.24) is 20.9 Å². The lowest BCUT2D eigenvalue weighted by atomic mass is 9.77. The van der Waals surface area contributed by atoms with E-state index >= 15 is 0 Å². The van der Waals surface area contributed by atoms with Gasteiger partial charge in [0.15, 0.2) is 0 Å². The minimum Gasteiger partial charge on any atom is -0.350 e. The molecule has 2 aliphatic rings. The zero-order chi connectivity index (χ0) is 18.1. The number of piperidine rings is 1. The van der Waals surface area contributed by atoms with Gasteiger partial charge in [-0.15, -0.1) is 24.8 Å². The molecular formula is C19H25Cl2FN4O2. The van der Waals surface area contributed by atoms with Crippen LogP contribution < -0.4 is 21.5 Å². The Bertz CT molecular complexity index is 899. The fourth-order valence-electron chi connectivity index (χ4n) is 4.10. The Labute approximate surface area is 174 Å². The minimum atomic E-state index is -0.395. The van der Waals surface area contributed by atoms with Crippen molar-refractivity contribution in [3.8, 4) is 0 Å². The van der Waals surface area contributed by atoms with E-state index in [2.05, 4.69) is 20.9 Å². The normalized spacial score (nSPS) is 20.4. The molecule has 1 unspecified atom stereocenters. The molecule has 2 saturated heterocycles. The molecule has 0 bridgehead atoms. The summed E-state index contributed by atoms with van der Waals surface area (Å²) < 4.78 is 13.3. The molecule has 9 heteroatoms. The molecule has 2 aliphatic heterocycles. The Morgan fingerprint density at radius 1 is 1.21 bits per heavy atom. The molecule has 1 atom stereocenters. The number of benzene rings is 1. The Kier molecular flexibility index (Phi) is 7.45. The van der Waals surface area contributed by atoms with Gasteiger partial charge < -0.3 is 20.9 Å². The van der Waals surface area contributed by atoms with E-state index in [1.54, 1.807) is 12.1 Å². The first kappa shape index (κ1) is 22.6. The number of carbonyl (C=O) groups excluding carboxylic acids is 1. The lowest BCUT2D eigenvalue weighted by Crippen LogP contribution is -2.40. The SMILES string of the molecule is Cl.Cl.O=C(NCc1cc2ccc(F)cc2[nH]c1=O)C1CC2(CCNCC2)CN1. The first-order valence-electron chi connectivity index (χ1n) is 9.08. The number of rotatable bonds is 3. The summed E-state index contributed by atoms with van der Waals surface area (Å²) in [6, 6.07) is 5.75. The van der Waals surface area contributed by atoms with Crippen molar-refractivity contribution in [3.05, 3.63) is 46.0 Å². The van der Waals surface area contributed by atoms with Gasteiger partial charge in [0.2, 0.25) is 5.91 Å². The van der Waals surface area contributed by atoms with Gasteiger partial charge in [0.25, 0.3) is 5.56 Å². The summed E-state index contributed by atoms with van der Waals surface area (Å²) in [4.78, 5) is 27.4. The number of H-pyrrole nitrogens is 1. The molecule has 0 aliphatic carbocycles. The molecule has 1 aromatic heterocycles. The first-order chi connectivity index (χ1) is 12.5. The number of hydrogen-bond acceptors (Lipinski definition) is 4. The number of hydrogen-bond donors (Lipinski definition) is 4. The van der Waals surface area contributed by atoms with Crippen molar-refractivity contribution in [2.45, 2.75) is 31.8 Å². The fourth-order valence-corrected chi connectivity index (χ4v) is 4.10. The number of fused-ring (bicyclic) bond motifs is 1. The average molecular weight is 431 g/mol. The maximum Gasteiger partial charge on any atom is 0.253 e. The summed E-state index contributed by atoms with van der Waals surface area (Å²) in [7, 11) is 0. The summed E-state index contributed by atoms with van der Waals surface area (Å²) in [5, 5.41) is 10.3. The second kappa shape index (κ2) is 9.22. The molecule has 154 valence electrons. The molecule has 0 radical (unpaired) electrons. The van der Waals surface area contributed by atoms with Crippen molar-refractivity contribution in [2.24, 2.45) is 5.41 Å². The van der Waals surface area contributed by atoms with Crippen LogP contribution in [0, 0.1) is 11.2 Å². The predicted octanol–water partition coefficient (Wildman–Crippen LogP) is 1.86. The number of pyridine rings is 1. The topological polar surface area (TPSA) is 86.0 Å². The fraction of sp³-hybridized carbons (Fsp3) is 0.474. The first-order valence-corrected chi connectivity index (χ1v) is 9.08. The summed E-state index contributed by atoms with van der Waals surface area (Å²) >= 11 is 0. The number of aromatic amines is 1.